The minimum Gasteiger partial charge on any atom is -0.303 e. The van der Waals surface area contributed by atoms with Crippen molar-refractivity contribution < 1.29 is 4.79 Å². The van der Waals surface area contributed by atoms with Gasteiger partial charge < -0.3 is 4.79 Å². The van der Waals surface area contributed by atoms with E-state index in [9.17, 15) is 4.79 Å². The maximum absolute atomic E-state index is 9.89. The van der Waals surface area contributed by atoms with Gasteiger partial charge in [0.2, 0.25) is 0 Å². The fraction of sp³-hybridized carbons (Fsp3) is 0.750. The second kappa shape index (κ2) is 1.82. The van der Waals surface area contributed by atoms with E-state index in [4.69, 9.17) is 0 Å². The van der Waals surface area contributed by atoms with E-state index in [1.807, 2.05) is 0 Å². The minimum absolute atomic E-state index is 0.0833. The third-order valence-electron chi connectivity index (χ3n) is 0.925. The van der Waals surface area contributed by atoms with Crippen molar-refractivity contribution in [2.45, 2.75) is 0 Å². The van der Waals surface area contributed by atoms with E-state index >= 15 is 0 Å². The zero-order valence-corrected chi connectivity index (χ0v) is 3.87. The lowest BCUT2D eigenvalue weighted by molar-refractivity contribution is -0.110. The first kappa shape index (κ1) is 4.43. The van der Waals surface area contributed by atoms with Crippen molar-refractivity contribution in [3.05, 3.63) is 0 Å². The van der Waals surface area contributed by atoms with Crippen LogP contribution in [0.2, 0.25) is 0 Å². The van der Waals surface area contributed by atoms with E-state index < -0.39 is 0 Å². The Kier molecular flexibility index (Phi) is 1.15. The summed E-state index contributed by atoms with van der Waals surface area (Å²) >= 11 is 0. The monoisotopic (exact) mass is 98.0 g/mol. The molecule has 0 saturated carbocycles. The molecule has 7 heavy (non-hydrogen) atoms. The van der Waals surface area contributed by atoms with Crippen LogP contribution in [-0.2, 0) is 4.79 Å². The average Bonchev–Trinajstić information content (AvgIpc) is 2.14. The van der Waals surface area contributed by atoms with Gasteiger partial charge in [-0.05, 0) is 0 Å². The van der Waals surface area contributed by atoms with E-state index in [0.717, 1.165) is 6.29 Å². The Labute approximate surface area is 41.4 Å². The molecule has 0 bridgehead atoms. The molecule has 0 radical (unpaired) electrons. The molecule has 3 nitrogen and oxygen atoms in total. The lowest BCUT2D eigenvalue weighted by Crippen LogP contribution is -2.03. The van der Waals surface area contributed by atoms with Crippen LogP contribution in [0.3, 0.4) is 0 Å². The molecule has 38 valence electrons. The van der Waals surface area contributed by atoms with Crippen LogP contribution < -0.4 is 0 Å². The SMILES string of the molecule is O=CC1CN=NC1. The van der Waals surface area contributed by atoms with Gasteiger partial charge in [0.05, 0.1) is 19.0 Å². The summed E-state index contributed by atoms with van der Waals surface area (Å²) < 4.78 is 0. The summed E-state index contributed by atoms with van der Waals surface area (Å²) in [5, 5.41) is 7.26. The molecule has 3 heteroatoms. The second-order valence-corrected chi connectivity index (χ2v) is 1.54. The Balaban J connectivity index is 2.35. The number of aldehydes is 1. The van der Waals surface area contributed by atoms with Gasteiger partial charge in [-0.15, -0.1) is 0 Å². The van der Waals surface area contributed by atoms with E-state index in [0.29, 0.717) is 13.1 Å². The van der Waals surface area contributed by atoms with Gasteiger partial charge in [0.25, 0.3) is 0 Å². The molecule has 0 aromatic heterocycles. The number of rotatable bonds is 1. The summed E-state index contributed by atoms with van der Waals surface area (Å²) in [6.07, 6.45) is 0.903. The highest BCUT2D eigenvalue weighted by Gasteiger charge is 2.09. The molecule has 0 atom stereocenters. The van der Waals surface area contributed by atoms with Crippen LogP contribution in [0.1, 0.15) is 0 Å². The first-order chi connectivity index (χ1) is 3.43. The van der Waals surface area contributed by atoms with Crippen LogP contribution >= 0.6 is 0 Å². The van der Waals surface area contributed by atoms with Gasteiger partial charge in [0, 0.05) is 0 Å². The Morgan fingerprint density at radius 1 is 1.43 bits per heavy atom. The molecule has 1 rings (SSSR count). The molecule has 0 N–H and O–H groups in total. The molecule has 1 aliphatic heterocycles. The Morgan fingerprint density at radius 3 is 2.29 bits per heavy atom. The number of hydrogen-bond acceptors (Lipinski definition) is 3. The number of nitrogens with zero attached hydrogens (tertiary/aromatic N) is 2. The Hall–Kier alpha value is -0.730. The third-order valence-corrected chi connectivity index (χ3v) is 0.925. The first-order valence-electron chi connectivity index (χ1n) is 2.22. The predicted octanol–water partition coefficient (Wildman–Crippen LogP) is 0.267. The molecule has 0 aliphatic carbocycles. The average molecular weight is 98.1 g/mol. The van der Waals surface area contributed by atoms with Crippen LogP contribution in [0.4, 0.5) is 0 Å². The summed E-state index contributed by atoms with van der Waals surface area (Å²) in [6.45, 7) is 1.20. The van der Waals surface area contributed by atoms with Crippen LogP contribution in [0.15, 0.2) is 10.2 Å². The van der Waals surface area contributed by atoms with Crippen LogP contribution in [0.5, 0.6) is 0 Å². The Bertz CT molecular complexity index is 91.9. The van der Waals surface area contributed by atoms with E-state index in [-0.39, 0.29) is 5.92 Å². The van der Waals surface area contributed by atoms with Crippen LogP contribution in [0, 0.1) is 5.92 Å². The van der Waals surface area contributed by atoms with Gasteiger partial charge in [-0.2, -0.15) is 10.2 Å². The highest BCUT2D eigenvalue weighted by molar-refractivity contribution is 5.54. The molecule has 0 unspecified atom stereocenters. The molecule has 1 aliphatic rings. The highest BCUT2D eigenvalue weighted by Crippen LogP contribution is 2.01. The van der Waals surface area contributed by atoms with Gasteiger partial charge >= 0.3 is 0 Å². The minimum atomic E-state index is 0.0833. The maximum atomic E-state index is 9.89. The number of carbonyl (C=O) groups is 1. The van der Waals surface area contributed by atoms with Crippen molar-refractivity contribution in [3.8, 4) is 0 Å². The summed E-state index contributed by atoms with van der Waals surface area (Å²) in [5.74, 6) is 0.0833. The van der Waals surface area contributed by atoms with Gasteiger partial charge in [0.1, 0.15) is 6.29 Å². The van der Waals surface area contributed by atoms with E-state index in [1.165, 1.54) is 0 Å². The van der Waals surface area contributed by atoms with Crippen molar-refractivity contribution in [1.29, 1.82) is 0 Å². The number of azo groups is 1. The van der Waals surface area contributed by atoms with E-state index in [1.54, 1.807) is 0 Å². The molecule has 1 heterocycles. The lowest BCUT2D eigenvalue weighted by atomic mass is 10.2. The molecule has 0 aromatic carbocycles. The van der Waals surface area contributed by atoms with Crippen LogP contribution in [0.25, 0.3) is 0 Å². The fourth-order valence-corrected chi connectivity index (χ4v) is 0.469. The summed E-state index contributed by atoms with van der Waals surface area (Å²) in [4.78, 5) is 9.89. The zero-order chi connectivity index (χ0) is 5.11. The van der Waals surface area contributed by atoms with Crippen molar-refractivity contribution in [2.24, 2.45) is 16.1 Å². The molecule has 0 saturated heterocycles. The fourth-order valence-electron chi connectivity index (χ4n) is 0.469. The molecular weight excluding hydrogens is 92.1 g/mol. The highest BCUT2D eigenvalue weighted by atomic mass is 16.1. The van der Waals surface area contributed by atoms with Gasteiger partial charge in [-0.1, -0.05) is 0 Å². The Morgan fingerprint density at radius 2 is 2.00 bits per heavy atom. The smallest absolute Gasteiger partial charge is 0.126 e. The predicted molar refractivity (Wildman–Crippen MR) is 24.1 cm³/mol. The number of hydrogen-bond donors (Lipinski definition) is 0. The normalized spacial score (nSPS) is 20.6. The van der Waals surface area contributed by atoms with Gasteiger partial charge in [0.15, 0.2) is 0 Å². The van der Waals surface area contributed by atoms with Crippen molar-refractivity contribution in [2.75, 3.05) is 13.1 Å². The van der Waals surface area contributed by atoms with Gasteiger partial charge in [-0.25, -0.2) is 0 Å². The lowest BCUT2D eigenvalue weighted by Gasteiger charge is -1.86. The molecule has 0 fully saturated rings. The van der Waals surface area contributed by atoms with E-state index in [2.05, 4.69) is 10.2 Å². The molecule has 0 spiro atoms. The molecule has 0 amide bonds. The molecule has 0 aromatic rings. The van der Waals surface area contributed by atoms with Crippen molar-refractivity contribution >= 4 is 6.29 Å². The number of carbonyl (C=O) groups excluding carboxylic acids is 1. The standard InChI is InChI=1S/C4H6N2O/c7-3-4-1-5-6-2-4/h3-4H,1-2H2. The summed E-state index contributed by atoms with van der Waals surface area (Å²) in [5.41, 5.74) is 0. The maximum Gasteiger partial charge on any atom is 0.126 e. The topological polar surface area (TPSA) is 41.8 Å². The molecular formula is C4H6N2O. The van der Waals surface area contributed by atoms with Crippen molar-refractivity contribution in [1.82, 2.24) is 0 Å². The third kappa shape index (κ3) is 0.824. The summed E-state index contributed by atoms with van der Waals surface area (Å²) in [7, 11) is 0. The van der Waals surface area contributed by atoms with Crippen LogP contribution in [-0.4, -0.2) is 19.4 Å². The van der Waals surface area contributed by atoms with Gasteiger partial charge in [-0.3, -0.25) is 0 Å². The first-order valence-corrected chi connectivity index (χ1v) is 2.22. The quantitative estimate of drug-likeness (QED) is 0.434. The summed E-state index contributed by atoms with van der Waals surface area (Å²) in [6, 6.07) is 0. The largest absolute Gasteiger partial charge is 0.303 e. The zero-order valence-electron chi connectivity index (χ0n) is 3.87. The van der Waals surface area contributed by atoms with Crippen molar-refractivity contribution in [3.63, 3.8) is 0 Å². The second-order valence-electron chi connectivity index (χ2n) is 1.54.